The quantitative estimate of drug-likeness (QED) is 0.498. The third-order valence-electron chi connectivity index (χ3n) is 6.33. The van der Waals surface area contributed by atoms with E-state index in [0.717, 1.165) is 31.9 Å². The van der Waals surface area contributed by atoms with E-state index < -0.39 is 5.91 Å². The second kappa shape index (κ2) is 10.7. The number of nitrogens with one attached hydrogen (secondary N) is 2. The Balaban J connectivity index is 1.38. The van der Waals surface area contributed by atoms with Gasteiger partial charge in [-0.3, -0.25) is 9.59 Å². The van der Waals surface area contributed by atoms with Crippen molar-refractivity contribution in [3.63, 3.8) is 0 Å². The summed E-state index contributed by atoms with van der Waals surface area (Å²) in [7, 11) is 0. The van der Waals surface area contributed by atoms with Crippen molar-refractivity contribution in [2.24, 2.45) is 0 Å². The second-order valence-corrected chi connectivity index (χ2v) is 8.68. The van der Waals surface area contributed by atoms with Crippen LogP contribution in [-0.4, -0.2) is 79.2 Å². The van der Waals surface area contributed by atoms with Crippen LogP contribution in [0.2, 0.25) is 0 Å². The number of morpholine rings is 1. The second-order valence-electron chi connectivity index (χ2n) is 8.68. The van der Waals surface area contributed by atoms with Gasteiger partial charge in [0.25, 0.3) is 11.8 Å². The third kappa shape index (κ3) is 5.14. The average Bonchev–Trinajstić information content (AvgIpc) is 2.94. The number of nitrogens with two attached hydrogens (primary N) is 1. The maximum atomic E-state index is 13.2. The number of anilines is 3. The number of nitrogens with zero attached hydrogens (tertiary/aromatic N) is 4. The van der Waals surface area contributed by atoms with E-state index in [9.17, 15) is 9.59 Å². The van der Waals surface area contributed by atoms with Gasteiger partial charge in [0.15, 0.2) is 11.5 Å². The summed E-state index contributed by atoms with van der Waals surface area (Å²) >= 11 is 0. The SMILES string of the molecule is Nc1ncc(-c2cccc(C(=O)N3CCOCC3)c2)nc1C(=O)Nc1ccccc1N1CCNCC1. The maximum Gasteiger partial charge on any atom is 0.278 e. The van der Waals surface area contributed by atoms with Gasteiger partial charge in [-0.05, 0) is 24.3 Å². The fourth-order valence-corrected chi connectivity index (χ4v) is 4.41. The van der Waals surface area contributed by atoms with E-state index in [2.05, 4.69) is 25.5 Å². The lowest BCUT2D eigenvalue weighted by molar-refractivity contribution is 0.0303. The lowest BCUT2D eigenvalue weighted by atomic mass is 10.1. The number of benzene rings is 2. The first-order chi connectivity index (χ1) is 17.6. The van der Waals surface area contributed by atoms with Crippen LogP contribution in [0.25, 0.3) is 11.3 Å². The van der Waals surface area contributed by atoms with E-state index in [-0.39, 0.29) is 17.4 Å². The van der Waals surface area contributed by atoms with E-state index in [0.29, 0.717) is 48.8 Å². The summed E-state index contributed by atoms with van der Waals surface area (Å²) in [4.78, 5) is 38.9. The first kappa shape index (κ1) is 23.7. The number of nitrogen functional groups attached to an aromatic ring is 1. The molecule has 1 aromatic heterocycles. The van der Waals surface area contributed by atoms with Crippen molar-refractivity contribution in [1.82, 2.24) is 20.2 Å². The number of hydrogen-bond donors (Lipinski definition) is 3. The molecule has 10 nitrogen and oxygen atoms in total. The van der Waals surface area contributed by atoms with E-state index >= 15 is 0 Å². The summed E-state index contributed by atoms with van der Waals surface area (Å²) in [6.45, 7) is 5.66. The molecule has 0 atom stereocenters. The molecule has 2 saturated heterocycles. The Morgan fingerprint density at radius 1 is 1.00 bits per heavy atom. The van der Waals surface area contributed by atoms with Gasteiger partial charge < -0.3 is 30.9 Å². The summed E-state index contributed by atoms with van der Waals surface area (Å²) in [5.74, 6) is -0.465. The van der Waals surface area contributed by atoms with Gasteiger partial charge in [0.2, 0.25) is 0 Å². The Morgan fingerprint density at radius 2 is 1.78 bits per heavy atom. The predicted molar refractivity (Wildman–Crippen MR) is 138 cm³/mol. The Hall–Kier alpha value is -4.02. The number of hydrogen-bond acceptors (Lipinski definition) is 8. The zero-order valence-electron chi connectivity index (χ0n) is 19.9. The van der Waals surface area contributed by atoms with Gasteiger partial charge in [-0.2, -0.15) is 0 Å². The fraction of sp³-hybridized carbons (Fsp3) is 0.308. The third-order valence-corrected chi connectivity index (χ3v) is 6.33. The normalized spacial score (nSPS) is 16.0. The molecule has 0 unspecified atom stereocenters. The van der Waals surface area contributed by atoms with Gasteiger partial charge in [0.1, 0.15) is 0 Å². The average molecular weight is 488 g/mol. The van der Waals surface area contributed by atoms with Crippen molar-refractivity contribution < 1.29 is 14.3 Å². The molecule has 2 aliphatic rings. The minimum atomic E-state index is -0.440. The highest BCUT2D eigenvalue weighted by Gasteiger charge is 2.21. The van der Waals surface area contributed by atoms with Crippen LogP contribution < -0.4 is 21.3 Å². The molecular formula is C26H29N7O3. The molecule has 4 N–H and O–H groups in total. The minimum Gasteiger partial charge on any atom is -0.382 e. The zero-order chi connectivity index (χ0) is 24.9. The monoisotopic (exact) mass is 487 g/mol. The van der Waals surface area contributed by atoms with Crippen LogP contribution in [0, 0.1) is 0 Å². The Kier molecular flexibility index (Phi) is 7.06. The summed E-state index contributed by atoms with van der Waals surface area (Å²) < 4.78 is 5.34. The first-order valence-electron chi connectivity index (χ1n) is 12.1. The van der Waals surface area contributed by atoms with Crippen molar-refractivity contribution in [3.8, 4) is 11.3 Å². The van der Waals surface area contributed by atoms with Gasteiger partial charge in [-0.15, -0.1) is 0 Å². The molecule has 0 saturated carbocycles. The summed E-state index contributed by atoms with van der Waals surface area (Å²) in [5.41, 5.74) is 9.41. The maximum absolute atomic E-state index is 13.2. The highest BCUT2D eigenvalue weighted by atomic mass is 16.5. The molecule has 0 radical (unpaired) electrons. The number of amides is 2. The number of rotatable bonds is 5. The molecular weight excluding hydrogens is 458 g/mol. The van der Waals surface area contributed by atoms with Crippen LogP contribution in [0.3, 0.4) is 0 Å². The van der Waals surface area contributed by atoms with Crippen molar-refractivity contribution in [2.75, 3.05) is 68.4 Å². The first-order valence-corrected chi connectivity index (χ1v) is 12.1. The molecule has 2 amide bonds. The van der Waals surface area contributed by atoms with E-state index in [1.165, 1.54) is 6.20 Å². The molecule has 5 rings (SSSR count). The molecule has 36 heavy (non-hydrogen) atoms. The molecule has 0 bridgehead atoms. The molecule has 2 fully saturated rings. The van der Waals surface area contributed by atoms with Crippen molar-refractivity contribution >= 4 is 29.0 Å². The number of para-hydroxylation sites is 2. The van der Waals surface area contributed by atoms with Gasteiger partial charge in [0, 0.05) is 50.4 Å². The van der Waals surface area contributed by atoms with Crippen molar-refractivity contribution in [1.29, 1.82) is 0 Å². The van der Waals surface area contributed by atoms with Crippen LogP contribution in [0.1, 0.15) is 20.8 Å². The highest BCUT2D eigenvalue weighted by Crippen LogP contribution is 2.27. The fourth-order valence-electron chi connectivity index (χ4n) is 4.41. The van der Waals surface area contributed by atoms with Gasteiger partial charge >= 0.3 is 0 Å². The summed E-state index contributed by atoms with van der Waals surface area (Å²) in [5, 5.41) is 6.30. The van der Waals surface area contributed by atoms with E-state index in [1.54, 1.807) is 23.1 Å². The van der Waals surface area contributed by atoms with Crippen molar-refractivity contribution in [3.05, 3.63) is 66.0 Å². The lowest BCUT2D eigenvalue weighted by Crippen LogP contribution is -2.43. The molecule has 10 heteroatoms. The Labute approximate surface area is 209 Å². The smallest absolute Gasteiger partial charge is 0.278 e. The Morgan fingerprint density at radius 3 is 2.58 bits per heavy atom. The lowest BCUT2D eigenvalue weighted by Gasteiger charge is -2.31. The Bertz CT molecular complexity index is 1250. The molecule has 2 aliphatic heterocycles. The predicted octanol–water partition coefficient (Wildman–Crippen LogP) is 1.86. The number of carbonyl (C=O) groups excluding carboxylic acids is 2. The molecule has 3 heterocycles. The van der Waals surface area contributed by atoms with Gasteiger partial charge in [0.05, 0.1) is 36.5 Å². The van der Waals surface area contributed by atoms with Crippen LogP contribution in [-0.2, 0) is 4.74 Å². The van der Waals surface area contributed by atoms with E-state index in [4.69, 9.17) is 10.5 Å². The molecule has 0 aliphatic carbocycles. The summed E-state index contributed by atoms with van der Waals surface area (Å²) in [6.07, 6.45) is 1.51. The number of aromatic nitrogens is 2. The van der Waals surface area contributed by atoms with Gasteiger partial charge in [-0.25, -0.2) is 9.97 Å². The van der Waals surface area contributed by atoms with Crippen LogP contribution in [0.15, 0.2) is 54.7 Å². The topological polar surface area (TPSA) is 126 Å². The molecule has 3 aromatic rings. The highest BCUT2D eigenvalue weighted by molar-refractivity contribution is 6.07. The standard InChI is InChI=1S/C26H29N7O3/c27-24-23(25(34)31-20-6-1-2-7-22(20)32-10-8-28-9-11-32)30-21(17-29-24)18-4-3-5-19(16-18)26(35)33-12-14-36-15-13-33/h1-7,16-17,28H,8-15H2,(H2,27,29)(H,31,34). The molecule has 2 aromatic carbocycles. The number of ether oxygens (including phenoxy) is 1. The summed E-state index contributed by atoms with van der Waals surface area (Å²) in [6, 6.07) is 14.8. The zero-order valence-corrected chi connectivity index (χ0v) is 19.9. The molecule has 186 valence electrons. The van der Waals surface area contributed by atoms with Gasteiger partial charge in [-0.1, -0.05) is 24.3 Å². The van der Waals surface area contributed by atoms with Crippen LogP contribution >= 0.6 is 0 Å². The van der Waals surface area contributed by atoms with Crippen molar-refractivity contribution in [2.45, 2.75) is 0 Å². The van der Waals surface area contributed by atoms with Crippen LogP contribution in [0.5, 0.6) is 0 Å². The molecule has 0 spiro atoms. The number of carbonyl (C=O) groups is 2. The largest absolute Gasteiger partial charge is 0.382 e. The number of piperazine rings is 1. The minimum absolute atomic E-state index is 0.0347. The van der Waals surface area contributed by atoms with Crippen LogP contribution in [0.4, 0.5) is 17.2 Å². The van der Waals surface area contributed by atoms with E-state index in [1.807, 2.05) is 30.3 Å².